The molecule has 0 aromatic heterocycles. The van der Waals surface area contributed by atoms with Crippen LogP contribution < -0.4 is 14.5 Å². The first-order valence-electron chi connectivity index (χ1n) is 10.3. The highest BCUT2D eigenvalue weighted by Crippen LogP contribution is 2.21. The molecule has 1 amide bonds. The second kappa shape index (κ2) is 9.18. The molecule has 0 atom stereocenters. The highest BCUT2D eigenvalue weighted by molar-refractivity contribution is 5.79. The van der Waals surface area contributed by atoms with Gasteiger partial charge in [-0.15, -0.1) is 0 Å². The van der Waals surface area contributed by atoms with Crippen molar-refractivity contribution in [1.82, 2.24) is 4.90 Å². The average molecular weight is 396 g/mol. The summed E-state index contributed by atoms with van der Waals surface area (Å²) in [5.74, 6) is 1.07. The van der Waals surface area contributed by atoms with Crippen LogP contribution in [0.1, 0.15) is 5.56 Å². The Morgan fingerprint density at radius 2 is 1.38 bits per heavy atom. The molecule has 2 aliphatic heterocycles. The molecule has 6 nitrogen and oxygen atoms in total. The summed E-state index contributed by atoms with van der Waals surface area (Å²) in [6, 6.07) is 16.5. The van der Waals surface area contributed by atoms with Gasteiger partial charge in [0.1, 0.15) is 5.75 Å². The van der Waals surface area contributed by atoms with Gasteiger partial charge in [-0.2, -0.15) is 0 Å². The van der Waals surface area contributed by atoms with Crippen LogP contribution in [0, 0.1) is 0 Å². The lowest BCUT2D eigenvalue weighted by Crippen LogP contribution is -2.49. The quantitative estimate of drug-likeness (QED) is 0.778. The van der Waals surface area contributed by atoms with E-state index in [4.69, 9.17) is 9.47 Å². The van der Waals surface area contributed by atoms with Crippen molar-refractivity contribution in [2.45, 2.75) is 6.42 Å². The molecule has 2 aromatic rings. The summed E-state index contributed by atoms with van der Waals surface area (Å²) >= 11 is 0. The van der Waals surface area contributed by atoms with Gasteiger partial charge in [-0.25, -0.2) is 0 Å². The van der Waals surface area contributed by atoms with Gasteiger partial charge in [0.05, 0.1) is 26.7 Å². The maximum Gasteiger partial charge on any atom is 0.227 e. The molecule has 0 unspecified atom stereocenters. The first-order valence-corrected chi connectivity index (χ1v) is 10.3. The molecule has 0 bridgehead atoms. The van der Waals surface area contributed by atoms with Gasteiger partial charge in [-0.3, -0.25) is 4.79 Å². The Kier molecular flexibility index (Phi) is 6.20. The fourth-order valence-electron chi connectivity index (χ4n) is 3.94. The van der Waals surface area contributed by atoms with E-state index in [-0.39, 0.29) is 5.91 Å². The Morgan fingerprint density at radius 3 is 1.97 bits per heavy atom. The summed E-state index contributed by atoms with van der Waals surface area (Å²) < 4.78 is 10.6. The van der Waals surface area contributed by atoms with Crippen LogP contribution >= 0.6 is 0 Å². The average Bonchev–Trinajstić information content (AvgIpc) is 2.80. The molecular formula is C23H29N3O3. The number of hydrogen-bond acceptors (Lipinski definition) is 5. The van der Waals surface area contributed by atoms with Crippen molar-refractivity contribution in [3.05, 3.63) is 54.1 Å². The third-order valence-electron chi connectivity index (χ3n) is 5.74. The van der Waals surface area contributed by atoms with Crippen LogP contribution in [-0.2, 0) is 16.0 Å². The van der Waals surface area contributed by atoms with Gasteiger partial charge in [0.15, 0.2) is 0 Å². The predicted octanol–water partition coefficient (Wildman–Crippen LogP) is 2.42. The maximum atomic E-state index is 12.7. The van der Waals surface area contributed by atoms with Crippen LogP contribution in [0.5, 0.6) is 5.75 Å². The van der Waals surface area contributed by atoms with Crippen LogP contribution in [0.15, 0.2) is 48.5 Å². The van der Waals surface area contributed by atoms with Crippen LogP contribution in [0.4, 0.5) is 11.4 Å². The van der Waals surface area contributed by atoms with Crippen molar-refractivity contribution >= 4 is 17.3 Å². The summed E-state index contributed by atoms with van der Waals surface area (Å²) in [4.78, 5) is 19.4. The molecule has 0 saturated carbocycles. The molecule has 2 aromatic carbocycles. The fraction of sp³-hybridized carbons (Fsp3) is 0.435. The Balaban J connectivity index is 1.28. The summed E-state index contributed by atoms with van der Waals surface area (Å²) in [7, 11) is 1.68. The molecule has 0 aliphatic carbocycles. The fourth-order valence-corrected chi connectivity index (χ4v) is 3.94. The van der Waals surface area contributed by atoms with Crippen molar-refractivity contribution in [2.24, 2.45) is 0 Å². The number of carbonyl (C=O) groups is 1. The van der Waals surface area contributed by atoms with E-state index in [1.807, 2.05) is 17.0 Å². The minimum Gasteiger partial charge on any atom is -0.497 e. The first-order chi connectivity index (χ1) is 14.2. The maximum absolute atomic E-state index is 12.7. The second-order valence-electron chi connectivity index (χ2n) is 7.51. The molecule has 29 heavy (non-hydrogen) atoms. The van der Waals surface area contributed by atoms with Crippen molar-refractivity contribution in [2.75, 3.05) is 69.4 Å². The minimum atomic E-state index is 0.207. The Morgan fingerprint density at radius 1 is 0.828 bits per heavy atom. The number of carbonyl (C=O) groups excluding carboxylic acids is 1. The van der Waals surface area contributed by atoms with E-state index < -0.39 is 0 Å². The SMILES string of the molecule is COc1ccc(N2CCN(C(=O)Cc3ccc(N4CCOCC4)cc3)CC2)cc1. The Bertz CT molecular complexity index is 793. The van der Waals surface area contributed by atoms with Crippen LogP contribution in [-0.4, -0.2) is 70.4 Å². The molecule has 2 aliphatic rings. The van der Waals surface area contributed by atoms with Crippen LogP contribution in [0.2, 0.25) is 0 Å². The van der Waals surface area contributed by atoms with Gasteiger partial charge in [-0.05, 0) is 42.0 Å². The topological polar surface area (TPSA) is 45.2 Å². The standard InChI is InChI=1S/C23H29N3O3/c1-28-22-8-6-21(7-9-22)24-10-12-26(13-11-24)23(27)18-19-2-4-20(5-3-19)25-14-16-29-17-15-25/h2-9H,10-18H2,1H3. The van der Waals surface area contributed by atoms with E-state index in [0.29, 0.717) is 6.42 Å². The van der Waals surface area contributed by atoms with E-state index in [1.165, 1.54) is 11.4 Å². The predicted molar refractivity (Wildman–Crippen MR) is 115 cm³/mol. The molecule has 2 fully saturated rings. The van der Waals surface area contributed by atoms with Crippen molar-refractivity contribution in [3.63, 3.8) is 0 Å². The Labute approximate surface area is 172 Å². The van der Waals surface area contributed by atoms with Gasteiger partial charge in [0, 0.05) is 50.6 Å². The lowest BCUT2D eigenvalue weighted by molar-refractivity contribution is -0.130. The number of ether oxygens (including phenoxy) is 2. The minimum absolute atomic E-state index is 0.207. The largest absolute Gasteiger partial charge is 0.497 e. The van der Waals surface area contributed by atoms with Crippen molar-refractivity contribution < 1.29 is 14.3 Å². The number of anilines is 2. The monoisotopic (exact) mass is 395 g/mol. The van der Waals surface area contributed by atoms with Gasteiger partial charge < -0.3 is 24.2 Å². The number of morpholine rings is 1. The third-order valence-corrected chi connectivity index (χ3v) is 5.74. The molecule has 2 saturated heterocycles. The number of amides is 1. The van der Waals surface area contributed by atoms with Gasteiger partial charge in [-0.1, -0.05) is 12.1 Å². The summed E-state index contributed by atoms with van der Waals surface area (Å²) in [6.07, 6.45) is 0.464. The van der Waals surface area contributed by atoms with Crippen LogP contribution in [0.3, 0.4) is 0 Å². The van der Waals surface area contributed by atoms with E-state index in [1.54, 1.807) is 7.11 Å². The van der Waals surface area contributed by atoms with Crippen molar-refractivity contribution in [3.8, 4) is 5.75 Å². The van der Waals surface area contributed by atoms with Crippen molar-refractivity contribution in [1.29, 1.82) is 0 Å². The second-order valence-corrected chi connectivity index (χ2v) is 7.51. The highest BCUT2D eigenvalue weighted by Gasteiger charge is 2.21. The lowest BCUT2D eigenvalue weighted by Gasteiger charge is -2.36. The van der Waals surface area contributed by atoms with E-state index in [0.717, 1.165) is 63.8 Å². The normalized spacial score (nSPS) is 17.3. The zero-order valence-electron chi connectivity index (χ0n) is 17.0. The molecule has 0 N–H and O–H groups in total. The first kappa shape index (κ1) is 19.6. The third kappa shape index (κ3) is 4.82. The number of benzene rings is 2. The molecule has 0 radical (unpaired) electrons. The van der Waals surface area contributed by atoms with Crippen LogP contribution in [0.25, 0.3) is 0 Å². The molecule has 6 heteroatoms. The van der Waals surface area contributed by atoms with Gasteiger partial charge in [0.2, 0.25) is 5.91 Å². The molecule has 154 valence electrons. The Hall–Kier alpha value is -2.73. The number of piperazine rings is 1. The van der Waals surface area contributed by atoms with E-state index in [2.05, 4.69) is 46.2 Å². The summed E-state index contributed by atoms with van der Waals surface area (Å²) in [5, 5.41) is 0. The number of hydrogen-bond donors (Lipinski definition) is 0. The molecular weight excluding hydrogens is 366 g/mol. The molecule has 4 rings (SSSR count). The highest BCUT2D eigenvalue weighted by atomic mass is 16.5. The summed E-state index contributed by atoms with van der Waals surface area (Å²) in [6.45, 7) is 6.65. The number of rotatable bonds is 5. The molecule has 0 spiro atoms. The smallest absolute Gasteiger partial charge is 0.227 e. The number of nitrogens with zero attached hydrogens (tertiary/aromatic N) is 3. The molecule has 2 heterocycles. The lowest BCUT2D eigenvalue weighted by atomic mass is 10.1. The zero-order chi connectivity index (χ0) is 20.1. The number of methoxy groups -OCH3 is 1. The van der Waals surface area contributed by atoms with Gasteiger partial charge >= 0.3 is 0 Å². The van der Waals surface area contributed by atoms with E-state index in [9.17, 15) is 4.79 Å². The zero-order valence-corrected chi connectivity index (χ0v) is 17.0. The van der Waals surface area contributed by atoms with E-state index >= 15 is 0 Å². The van der Waals surface area contributed by atoms with Gasteiger partial charge in [0.25, 0.3) is 0 Å². The summed E-state index contributed by atoms with van der Waals surface area (Å²) in [5.41, 5.74) is 3.46.